The van der Waals surface area contributed by atoms with Crippen LogP contribution in [-0.4, -0.2) is 36.7 Å². The van der Waals surface area contributed by atoms with Crippen molar-refractivity contribution in [3.05, 3.63) is 35.4 Å². The van der Waals surface area contributed by atoms with Gasteiger partial charge in [-0.25, -0.2) is 0 Å². The third-order valence-corrected chi connectivity index (χ3v) is 5.88. The minimum Gasteiger partial charge on any atom is -0.373 e. The van der Waals surface area contributed by atoms with E-state index in [1.165, 1.54) is 36.9 Å². The molecule has 0 saturated carbocycles. The molecular formula is C23H39NO. The van der Waals surface area contributed by atoms with Crippen molar-refractivity contribution in [1.82, 2.24) is 4.90 Å². The van der Waals surface area contributed by atoms with Gasteiger partial charge in [0.2, 0.25) is 0 Å². The van der Waals surface area contributed by atoms with Crippen molar-refractivity contribution < 1.29 is 4.74 Å². The molecule has 0 radical (unpaired) electrons. The predicted molar refractivity (Wildman–Crippen MR) is 108 cm³/mol. The topological polar surface area (TPSA) is 12.5 Å². The maximum Gasteiger partial charge on any atom is 0.0678 e. The molecule has 0 N–H and O–H groups in total. The minimum absolute atomic E-state index is 0.332. The standard InChI is InChI=1S/C23H39NO/c1-7-13-23(6,8-2)22-11-9-21(10-12-22)14-18(3)15-24-16-19(4)25-20(5)17-24/h9-12,18-20H,7-8,13-17H2,1-6H3/t18?,19-,20?,23?/m0/s1. The maximum absolute atomic E-state index is 5.85. The van der Waals surface area contributed by atoms with Gasteiger partial charge in [0.15, 0.2) is 0 Å². The van der Waals surface area contributed by atoms with Gasteiger partial charge in [-0.1, -0.05) is 58.4 Å². The van der Waals surface area contributed by atoms with Gasteiger partial charge in [-0.2, -0.15) is 0 Å². The Bertz CT molecular complexity index is 501. The Labute approximate surface area is 156 Å². The molecule has 0 spiro atoms. The van der Waals surface area contributed by atoms with E-state index in [1.807, 2.05) is 0 Å². The van der Waals surface area contributed by atoms with Crippen molar-refractivity contribution in [1.29, 1.82) is 0 Å². The van der Waals surface area contributed by atoms with Gasteiger partial charge in [0.25, 0.3) is 0 Å². The van der Waals surface area contributed by atoms with Crippen LogP contribution in [0.4, 0.5) is 0 Å². The molecule has 1 aromatic rings. The zero-order valence-corrected chi connectivity index (χ0v) is 17.3. The molecule has 0 bridgehead atoms. The molecule has 2 rings (SSSR count). The average molecular weight is 346 g/mol. The van der Waals surface area contributed by atoms with Gasteiger partial charge in [0.1, 0.15) is 0 Å². The highest BCUT2D eigenvalue weighted by molar-refractivity contribution is 5.29. The minimum atomic E-state index is 0.332. The molecule has 1 saturated heterocycles. The Balaban J connectivity index is 1.92. The second kappa shape index (κ2) is 9.19. The number of hydrogen-bond acceptors (Lipinski definition) is 2. The van der Waals surface area contributed by atoms with Crippen LogP contribution in [0.25, 0.3) is 0 Å². The number of nitrogens with zero attached hydrogens (tertiary/aromatic N) is 1. The van der Waals surface area contributed by atoms with Gasteiger partial charge in [0, 0.05) is 19.6 Å². The number of rotatable bonds is 8. The normalized spacial score (nSPS) is 25.5. The second-order valence-electron chi connectivity index (χ2n) is 8.65. The summed E-state index contributed by atoms with van der Waals surface area (Å²) in [5.41, 5.74) is 3.31. The summed E-state index contributed by atoms with van der Waals surface area (Å²) in [6.45, 7) is 17.1. The summed E-state index contributed by atoms with van der Waals surface area (Å²) in [5, 5.41) is 0. The Morgan fingerprint density at radius 1 is 1.12 bits per heavy atom. The smallest absolute Gasteiger partial charge is 0.0678 e. The van der Waals surface area contributed by atoms with Gasteiger partial charge in [-0.05, 0) is 55.6 Å². The van der Waals surface area contributed by atoms with E-state index < -0.39 is 0 Å². The summed E-state index contributed by atoms with van der Waals surface area (Å²) >= 11 is 0. The molecule has 2 heteroatoms. The lowest BCUT2D eigenvalue weighted by molar-refractivity contribution is -0.0708. The van der Waals surface area contributed by atoms with Crippen LogP contribution in [0.3, 0.4) is 0 Å². The maximum atomic E-state index is 5.85. The van der Waals surface area contributed by atoms with Crippen LogP contribution in [0.2, 0.25) is 0 Å². The highest BCUT2D eigenvalue weighted by atomic mass is 16.5. The van der Waals surface area contributed by atoms with Crippen LogP contribution in [0, 0.1) is 5.92 Å². The fourth-order valence-corrected chi connectivity index (χ4v) is 4.46. The van der Waals surface area contributed by atoms with E-state index in [-0.39, 0.29) is 0 Å². The van der Waals surface area contributed by atoms with Gasteiger partial charge >= 0.3 is 0 Å². The van der Waals surface area contributed by atoms with E-state index in [4.69, 9.17) is 4.74 Å². The quantitative estimate of drug-likeness (QED) is 0.622. The predicted octanol–water partition coefficient (Wildman–Crippen LogP) is 5.44. The van der Waals surface area contributed by atoms with E-state index in [0.29, 0.717) is 23.5 Å². The molecule has 4 atom stereocenters. The summed E-state index contributed by atoms with van der Waals surface area (Å²) in [4.78, 5) is 2.58. The monoisotopic (exact) mass is 345 g/mol. The molecule has 1 aliphatic rings. The van der Waals surface area contributed by atoms with Gasteiger partial charge in [-0.3, -0.25) is 4.90 Å². The second-order valence-corrected chi connectivity index (χ2v) is 8.65. The molecule has 1 fully saturated rings. The number of benzene rings is 1. The average Bonchev–Trinajstić information content (AvgIpc) is 2.54. The van der Waals surface area contributed by atoms with Crippen molar-refractivity contribution in [3.8, 4) is 0 Å². The van der Waals surface area contributed by atoms with Crippen molar-refractivity contribution in [2.75, 3.05) is 19.6 Å². The van der Waals surface area contributed by atoms with Crippen LogP contribution in [0.5, 0.6) is 0 Å². The number of ether oxygens (including phenoxy) is 1. The zero-order valence-electron chi connectivity index (χ0n) is 17.3. The molecule has 0 amide bonds. The summed E-state index contributed by atoms with van der Waals surface area (Å²) in [6.07, 6.45) is 5.62. The van der Waals surface area contributed by atoms with E-state index in [9.17, 15) is 0 Å². The molecule has 142 valence electrons. The highest BCUT2D eigenvalue weighted by Crippen LogP contribution is 2.32. The third-order valence-electron chi connectivity index (χ3n) is 5.88. The number of morpholine rings is 1. The van der Waals surface area contributed by atoms with Crippen LogP contribution in [0.15, 0.2) is 24.3 Å². The molecule has 25 heavy (non-hydrogen) atoms. The first-order valence-electron chi connectivity index (χ1n) is 10.3. The largest absolute Gasteiger partial charge is 0.373 e. The summed E-state index contributed by atoms with van der Waals surface area (Å²) in [5.74, 6) is 0.677. The molecule has 0 aromatic heterocycles. The zero-order chi connectivity index (χ0) is 18.4. The highest BCUT2D eigenvalue weighted by Gasteiger charge is 2.24. The summed E-state index contributed by atoms with van der Waals surface area (Å²) in [6, 6.07) is 9.47. The van der Waals surface area contributed by atoms with Crippen molar-refractivity contribution >= 4 is 0 Å². The van der Waals surface area contributed by atoms with E-state index >= 15 is 0 Å². The van der Waals surface area contributed by atoms with E-state index in [0.717, 1.165) is 19.5 Å². The van der Waals surface area contributed by atoms with E-state index in [2.05, 4.69) is 70.7 Å². The van der Waals surface area contributed by atoms with Gasteiger partial charge in [0.05, 0.1) is 12.2 Å². The van der Waals surface area contributed by atoms with Gasteiger partial charge < -0.3 is 4.74 Å². The molecule has 1 heterocycles. The Hall–Kier alpha value is -0.860. The fraction of sp³-hybridized carbons (Fsp3) is 0.739. The lowest BCUT2D eigenvalue weighted by Crippen LogP contribution is -2.47. The van der Waals surface area contributed by atoms with Crippen molar-refractivity contribution in [2.45, 2.75) is 84.8 Å². The van der Waals surface area contributed by atoms with Crippen LogP contribution >= 0.6 is 0 Å². The first kappa shape index (κ1) is 20.5. The van der Waals surface area contributed by atoms with Crippen molar-refractivity contribution in [3.63, 3.8) is 0 Å². The van der Waals surface area contributed by atoms with Crippen LogP contribution in [-0.2, 0) is 16.6 Å². The van der Waals surface area contributed by atoms with Crippen LogP contribution < -0.4 is 0 Å². The SMILES string of the molecule is CCCC(C)(CC)c1ccc(CC(C)CN2CC(C)O[C@@H](C)C2)cc1. The van der Waals surface area contributed by atoms with Crippen LogP contribution in [0.1, 0.15) is 71.9 Å². The Morgan fingerprint density at radius 2 is 1.72 bits per heavy atom. The Kier molecular flexibility index (Phi) is 7.51. The van der Waals surface area contributed by atoms with E-state index in [1.54, 1.807) is 0 Å². The number of hydrogen-bond donors (Lipinski definition) is 0. The van der Waals surface area contributed by atoms with Gasteiger partial charge in [-0.15, -0.1) is 0 Å². The third kappa shape index (κ3) is 5.82. The fourth-order valence-electron chi connectivity index (χ4n) is 4.46. The molecular weight excluding hydrogens is 306 g/mol. The lowest BCUT2D eigenvalue weighted by Gasteiger charge is -2.36. The first-order valence-corrected chi connectivity index (χ1v) is 10.3. The lowest BCUT2D eigenvalue weighted by atomic mass is 9.76. The Morgan fingerprint density at radius 3 is 2.24 bits per heavy atom. The summed E-state index contributed by atoms with van der Waals surface area (Å²) in [7, 11) is 0. The molecule has 3 unspecified atom stereocenters. The van der Waals surface area contributed by atoms with Crippen molar-refractivity contribution in [2.24, 2.45) is 5.92 Å². The molecule has 2 nitrogen and oxygen atoms in total. The summed E-state index contributed by atoms with van der Waals surface area (Å²) < 4.78 is 5.85. The molecule has 0 aliphatic carbocycles. The molecule has 1 aliphatic heterocycles. The molecule has 1 aromatic carbocycles. The first-order chi connectivity index (χ1) is 11.9.